The summed E-state index contributed by atoms with van der Waals surface area (Å²) in [7, 11) is 0. The maximum atomic E-state index is 12.4. The second-order valence-electron chi connectivity index (χ2n) is 6.09. The summed E-state index contributed by atoms with van der Waals surface area (Å²) in [5.41, 5.74) is 0.701. The highest BCUT2D eigenvalue weighted by Crippen LogP contribution is 2.24. The van der Waals surface area contributed by atoms with Crippen molar-refractivity contribution in [2.24, 2.45) is 5.92 Å². The van der Waals surface area contributed by atoms with Gasteiger partial charge in [-0.15, -0.1) is 0 Å². The first-order valence-corrected chi connectivity index (χ1v) is 7.92. The van der Waals surface area contributed by atoms with Crippen molar-refractivity contribution in [2.45, 2.75) is 38.6 Å². The minimum atomic E-state index is -0.949. The molecule has 3 rings (SSSR count). The van der Waals surface area contributed by atoms with Crippen LogP contribution < -0.4 is 0 Å². The second kappa shape index (κ2) is 6.86. The van der Waals surface area contributed by atoms with Gasteiger partial charge in [-0.1, -0.05) is 12.1 Å². The molecule has 0 aliphatic carbocycles. The predicted molar refractivity (Wildman–Crippen MR) is 81.9 cm³/mol. The van der Waals surface area contributed by atoms with Crippen LogP contribution in [-0.2, 0) is 16.0 Å². The van der Waals surface area contributed by atoms with E-state index in [4.69, 9.17) is 8.94 Å². The SMILES string of the molecule is CC1CCN(C(=O)CCc2nc(-c3ccoc3)no2)C(C(=O)O)C1. The van der Waals surface area contributed by atoms with E-state index in [0.29, 0.717) is 36.2 Å². The number of carbonyl (C=O) groups is 2. The number of hydrogen-bond donors (Lipinski definition) is 1. The maximum Gasteiger partial charge on any atom is 0.326 e. The molecular weight excluding hydrogens is 314 g/mol. The van der Waals surface area contributed by atoms with Gasteiger partial charge in [0.2, 0.25) is 17.6 Å². The number of amides is 1. The van der Waals surface area contributed by atoms with Crippen LogP contribution in [0.5, 0.6) is 0 Å². The van der Waals surface area contributed by atoms with E-state index in [9.17, 15) is 14.7 Å². The average Bonchev–Trinajstić information content (AvgIpc) is 3.23. The van der Waals surface area contributed by atoms with Gasteiger partial charge in [0.15, 0.2) is 0 Å². The van der Waals surface area contributed by atoms with E-state index < -0.39 is 12.0 Å². The van der Waals surface area contributed by atoms with E-state index in [1.54, 1.807) is 6.07 Å². The van der Waals surface area contributed by atoms with Crippen molar-refractivity contribution in [3.05, 3.63) is 24.5 Å². The number of carboxylic acid groups (broad SMARTS) is 1. The van der Waals surface area contributed by atoms with Crippen molar-refractivity contribution in [3.8, 4) is 11.4 Å². The third-order valence-electron chi connectivity index (χ3n) is 4.27. The van der Waals surface area contributed by atoms with Gasteiger partial charge in [-0.2, -0.15) is 4.98 Å². The summed E-state index contributed by atoms with van der Waals surface area (Å²) >= 11 is 0. The Morgan fingerprint density at radius 3 is 3.00 bits per heavy atom. The zero-order valence-electron chi connectivity index (χ0n) is 13.3. The smallest absolute Gasteiger partial charge is 0.326 e. The van der Waals surface area contributed by atoms with Crippen LogP contribution in [0.3, 0.4) is 0 Å². The zero-order valence-corrected chi connectivity index (χ0v) is 13.3. The summed E-state index contributed by atoms with van der Waals surface area (Å²) < 4.78 is 10.1. The third kappa shape index (κ3) is 3.47. The molecule has 8 heteroatoms. The Bertz CT molecular complexity index is 709. The number of aromatic nitrogens is 2. The van der Waals surface area contributed by atoms with E-state index >= 15 is 0 Å². The van der Waals surface area contributed by atoms with Gasteiger partial charge in [0.1, 0.15) is 12.3 Å². The summed E-state index contributed by atoms with van der Waals surface area (Å²) in [5.74, 6) is -0.0888. The number of aliphatic carboxylic acids is 1. The molecule has 1 aliphatic rings. The van der Waals surface area contributed by atoms with Crippen LogP contribution >= 0.6 is 0 Å². The Kier molecular flexibility index (Phi) is 4.64. The number of nitrogens with zero attached hydrogens (tertiary/aromatic N) is 3. The Morgan fingerprint density at radius 1 is 1.46 bits per heavy atom. The summed E-state index contributed by atoms with van der Waals surface area (Å²) in [5, 5.41) is 13.2. The molecule has 0 bridgehead atoms. The number of likely N-dealkylation sites (tertiary alicyclic amines) is 1. The van der Waals surface area contributed by atoms with Crippen LogP contribution in [0.15, 0.2) is 27.5 Å². The van der Waals surface area contributed by atoms with E-state index in [-0.39, 0.29) is 18.7 Å². The van der Waals surface area contributed by atoms with Gasteiger partial charge < -0.3 is 18.9 Å². The molecular formula is C16H19N3O5. The van der Waals surface area contributed by atoms with Gasteiger partial charge in [0, 0.05) is 19.4 Å². The first-order valence-electron chi connectivity index (χ1n) is 7.92. The molecule has 1 aliphatic heterocycles. The molecule has 3 heterocycles. The number of hydrogen-bond acceptors (Lipinski definition) is 6. The number of piperidine rings is 1. The van der Waals surface area contributed by atoms with Crippen LogP contribution in [0, 0.1) is 5.92 Å². The van der Waals surface area contributed by atoms with E-state index in [1.165, 1.54) is 17.4 Å². The number of carbonyl (C=O) groups excluding carboxylic acids is 1. The molecule has 2 unspecified atom stereocenters. The quantitative estimate of drug-likeness (QED) is 0.890. The summed E-state index contributed by atoms with van der Waals surface area (Å²) in [6.45, 7) is 2.48. The molecule has 8 nitrogen and oxygen atoms in total. The molecule has 0 radical (unpaired) electrons. The van der Waals surface area contributed by atoms with Crippen molar-refractivity contribution in [2.75, 3.05) is 6.54 Å². The minimum absolute atomic E-state index is 0.144. The molecule has 1 saturated heterocycles. The number of carboxylic acids is 1. The van der Waals surface area contributed by atoms with Crippen LogP contribution in [0.1, 0.15) is 32.1 Å². The first-order chi connectivity index (χ1) is 11.5. The standard InChI is InChI=1S/C16H19N3O5/c1-10-4-6-19(12(8-10)16(21)22)14(20)3-2-13-17-15(18-24-13)11-5-7-23-9-11/h5,7,9-10,12H,2-4,6,8H2,1H3,(H,21,22). The van der Waals surface area contributed by atoms with Crippen molar-refractivity contribution in [1.82, 2.24) is 15.0 Å². The highest BCUT2D eigenvalue weighted by molar-refractivity contribution is 5.84. The lowest BCUT2D eigenvalue weighted by molar-refractivity contribution is -0.153. The van der Waals surface area contributed by atoms with Gasteiger partial charge in [0.05, 0.1) is 11.8 Å². The predicted octanol–water partition coefficient (Wildman–Crippen LogP) is 1.97. The Morgan fingerprint density at radius 2 is 2.29 bits per heavy atom. The minimum Gasteiger partial charge on any atom is -0.480 e. The van der Waals surface area contributed by atoms with E-state index in [2.05, 4.69) is 10.1 Å². The molecule has 1 amide bonds. The van der Waals surface area contributed by atoms with Gasteiger partial charge >= 0.3 is 5.97 Å². The molecule has 1 N–H and O–H groups in total. The van der Waals surface area contributed by atoms with Gasteiger partial charge in [-0.3, -0.25) is 4.79 Å². The third-order valence-corrected chi connectivity index (χ3v) is 4.27. The lowest BCUT2D eigenvalue weighted by Gasteiger charge is -2.36. The fraction of sp³-hybridized carbons (Fsp3) is 0.500. The molecule has 0 spiro atoms. The molecule has 24 heavy (non-hydrogen) atoms. The Hall–Kier alpha value is -2.64. The second-order valence-corrected chi connectivity index (χ2v) is 6.09. The largest absolute Gasteiger partial charge is 0.480 e. The fourth-order valence-electron chi connectivity index (χ4n) is 2.90. The number of aryl methyl sites for hydroxylation is 1. The summed E-state index contributed by atoms with van der Waals surface area (Å²) in [6, 6.07) is 0.969. The molecule has 0 saturated carbocycles. The maximum absolute atomic E-state index is 12.4. The monoisotopic (exact) mass is 333 g/mol. The molecule has 1 fully saturated rings. The van der Waals surface area contributed by atoms with E-state index in [0.717, 1.165) is 6.42 Å². The summed E-state index contributed by atoms with van der Waals surface area (Å²) in [4.78, 5) is 29.4. The van der Waals surface area contributed by atoms with Crippen molar-refractivity contribution < 1.29 is 23.6 Å². The molecule has 2 aromatic heterocycles. The average molecular weight is 333 g/mol. The first kappa shape index (κ1) is 16.2. The lowest BCUT2D eigenvalue weighted by Crippen LogP contribution is -2.49. The van der Waals surface area contributed by atoms with Gasteiger partial charge in [-0.05, 0) is 24.8 Å². The fourth-order valence-corrected chi connectivity index (χ4v) is 2.90. The zero-order chi connectivity index (χ0) is 17.1. The van der Waals surface area contributed by atoms with Gasteiger partial charge in [0.25, 0.3) is 0 Å². The highest BCUT2D eigenvalue weighted by Gasteiger charge is 2.34. The molecule has 128 valence electrons. The normalized spacial score (nSPS) is 21.0. The molecule has 2 atom stereocenters. The topological polar surface area (TPSA) is 110 Å². The van der Waals surface area contributed by atoms with Crippen molar-refractivity contribution in [3.63, 3.8) is 0 Å². The van der Waals surface area contributed by atoms with Gasteiger partial charge in [-0.25, -0.2) is 4.79 Å². The number of furan rings is 1. The Labute approximate surface area is 138 Å². The Balaban J connectivity index is 1.60. The van der Waals surface area contributed by atoms with Crippen LogP contribution in [0.25, 0.3) is 11.4 Å². The molecule has 0 aromatic carbocycles. The lowest BCUT2D eigenvalue weighted by atomic mass is 9.92. The number of rotatable bonds is 5. The highest BCUT2D eigenvalue weighted by atomic mass is 16.5. The van der Waals surface area contributed by atoms with Crippen molar-refractivity contribution in [1.29, 1.82) is 0 Å². The van der Waals surface area contributed by atoms with Crippen LogP contribution in [0.4, 0.5) is 0 Å². The molecule has 2 aromatic rings. The van der Waals surface area contributed by atoms with Crippen molar-refractivity contribution >= 4 is 11.9 Å². The summed E-state index contributed by atoms with van der Waals surface area (Å²) in [6.07, 6.45) is 4.75. The van der Waals surface area contributed by atoms with Crippen LogP contribution in [-0.4, -0.2) is 44.6 Å². The van der Waals surface area contributed by atoms with Crippen LogP contribution in [0.2, 0.25) is 0 Å². The van der Waals surface area contributed by atoms with E-state index in [1.807, 2.05) is 6.92 Å².